The monoisotopic (exact) mass is 479 g/mol. The summed E-state index contributed by atoms with van der Waals surface area (Å²) in [7, 11) is -3.97. The minimum absolute atomic E-state index is 0.108. The lowest BCUT2D eigenvalue weighted by atomic mass is 10.1. The molecule has 8 heteroatoms. The van der Waals surface area contributed by atoms with Gasteiger partial charge in [0.05, 0.1) is 23.4 Å². The molecule has 3 rings (SSSR count). The number of rotatable bonds is 10. The highest BCUT2D eigenvalue weighted by Gasteiger charge is 2.28. The lowest BCUT2D eigenvalue weighted by Gasteiger charge is -2.25. The Hall–Kier alpha value is -3.65. The molecule has 0 fully saturated rings. The number of anilines is 1. The van der Waals surface area contributed by atoms with Crippen molar-refractivity contribution in [3.8, 4) is 5.75 Å². The van der Waals surface area contributed by atoms with Crippen LogP contribution in [0.2, 0.25) is 0 Å². The van der Waals surface area contributed by atoms with E-state index in [-0.39, 0.29) is 4.90 Å². The smallest absolute Gasteiger partial charge is 0.264 e. The third kappa shape index (κ3) is 6.45. The van der Waals surface area contributed by atoms with Crippen LogP contribution in [0.25, 0.3) is 0 Å². The number of hydrogen-bond acceptors (Lipinski definition) is 5. The Morgan fingerprint density at radius 1 is 1.03 bits per heavy atom. The molecule has 0 spiro atoms. The number of amides is 1. The number of carbonyl (C=O) groups is 1. The van der Waals surface area contributed by atoms with Crippen LogP contribution in [0, 0.1) is 13.8 Å². The van der Waals surface area contributed by atoms with Crippen molar-refractivity contribution in [2.45, 2.75) is 32.1 Å². The van der Waals surface area contributed by atoms with Crippen LogP contribution in [-0.4, -0.2) is 33.7 Å². The Kier molecular flexibility index (Phi) is 8.43. The second kappa shape index (κ2) is 11.5. The summed E-state index contributed by atoms with van der Waals surface area (Å²) >= 11 is 0. The first kappa shape index (κ1) is 25.0. The molecular formula is C26H29N3O4S. The van der Waals surface area contributed by atoms with E-state index in [1.807, 2.05) is 57.2 Å². The van der Waals surface area contributed by atoms with Crippen molar-refractivity contribution < 1.29 is 17.9 Å². The number of nitrogens with one attached hydrogen (secondary N) is 1. The van der Waals surface area contributed by atoms with Crippen LogP contribution in [-0.2, 0) is 14.8 Å². The molecule has 7 nitrogen and oxygen atoms in total. The minimum Gasteiger partial charge on any atom is -0.494 e. The number of sulfonamides is 1. The maximum absolute atomic E-state index is 13.4. The standard InChI is InChI=1S/C26H29N3O4S/c1-4-16-33-23-13-11-22(12-14-23)18-27-28-26(30)19-29(25-15-10-20(2)17-21(25)3)34(31,32)24-8-6-5-7-9-24/h5-15,17-18H,4,16,19H2,1-3H3,(H,28,30)/b27-18+. The molecular weight excluding hydrogens is 450 g/mol. The van der Waals surface area contributed by atoms with Crippen LogP contribution >= 0.6 is 0 Å². The Morgan fingerprint density at radius 3 is 2.38 bits per heavy atom. The lowest BCUT2D eigenvalue weighted by Crippen LogP contribution is -2.40. The Labute approximate surface area is 201 Å². The number of ether oxygens (including phenoxy) is 1. The quantitative estimate of drug-likeness (QED) is 0.344. The lowest BCUT2D eigenvalue weighted by molar-refractivity contribution is -0.119. The van der Waals surface area contributed by atoms with Gasteiger partial charge in [0.2, 0.25) is 0 Å². The molecule has 178 valence electrons. The summed E-state index contributed by atoms with van der Waals surface area (Å²) in [6, 6.07) is 20.8. The molecule has 0 saturated heterocycles. The van der Waals surface area contributed by atoms with E-state index in [4.69, 9.17) is 4.74 Å². The average Bonchev–Trinajstić information content (AvgIpc) is 2.83. The number of nitrogens with zero attached hydrogens (tertiary/aromatic N) is 2. The van der Waals surface area contributed by atoms with E-state index in [1.54, 1.807) is 24.3 Å². The molecule has 0 atom stereocenters. The topological polar surface area (TPSA) is 88.1 Å². The number of carbonyl (C=O) groups excluding carboxylic acids is 1. The SMILES string of the molecule is CCCOc1ccc(/C=N/NC(=O)CN(c2ccc(C)cc2C)S(=O)(=O)c2ccccc2)cc1. The largest absolute Gasteiger partial charge is 0.494 e. The first-order chi connectivity index (χ1) is 16.3. The molecule has 0 radical (unpaired) electrons. The maximum atomic E-state index is 13.4. The van der Waals surface area contributed by atoms with Gasteiger partial charge in [0.25, 0.3) is 15.9 Å². The van der Waals surface area contributed by atoms with Gasteiger partial charge in [0, 0.05) is 0 Å². The van der Waals surface area contributed by atoms with E-state index in [0.717, 1.165) is 33.2 Å². The van der Waals surface area contributed by atoms with Gasteiger partial charge in [-0.25, -0.2) is 13.8 Å². The molecule has 0 aromatic heterocycles. The molecule has 1 amide bonds. The highest BCUT2D eigenvalue weighted by molar-refractivity contribution is 7.92. The van der Waals surface area contributed by atoms with E-state index in [0.29, 0.717) is 12.3 Å². The zero-order valence-electron chi connectivity index (χ0n) is 19.6. The fourth-order valence-electron chi connectivity index (χ4n) is 3.32. The Balaban J connectivity index is 1.77. The van der Waals surface area contributed by atoms with Gasteiger partial charge < -0.3 is 4.74 Å². The third-order valence-corrected chi connectivity index (χ3v) is 6.77. The summed E-state index contributed by atoms with van der Waals surface area (Å²) in [6.07, 6.45) is 2.42. The van der Waals surface area contributed by atoms with Crippen LogP contribution in [0.4, 0.5) is 5.69 Å². The highest BCUT2D eigenvalue weighted by Crippen LogP contribution is 2.27. The molecule has 0 aliphatic rings. The minimum atomic E-state index is -3.97. The second-order valence-corrected chi connectivity index (χ2v) is 9.69. The molecule has 0 aliphatic heterocycles. The van der Waals surface area contributed by atoms with Crippen LogP contribution < -0.4 is 14.5 Å². The van der Waals surface area contributed by atoms with Crippen LogP contribution in [0.1, 0.15) is 30.0 Å². The van der Waals surface area contributed by atoms with Crippen LogP contribution in [0.15, 0.2) is 82.8 Å². The molecule has 3 aromatic rings. The summed E-state index contributed by atoms with van der Waals surface area (Å²) in [5.74, 6) is 0.205. The summed E-state index contributed by atoms with van der Waals surface area (Å²) in [6.45, 7) is 6.02. The molecule has 34 heavy (non-hydrogen) atoms. The number of aryl methyl sites for hydroxylation is 2. The van der Waals surface area contributed by atoms with Gasteiger partial charge in [0.15, 0.2) is 0 Å². The zero-order valence-corrected chi connectivity index (χ0v) is 20.4. The van der Waals surface area contributed by atoms with E-state index < -0.39 is 22.5 Å². The number of benzene rings is 3. The van der Waals surface area contributed by atoms with Gasteiger partial charge in [0.1, 0.15) is 12.3 Å². The fourth-order valence-corrected chi connectivity index (χ4v) is 4.83. The van der Waals surface area contributed by atoms with Gasteiger partial charge in [-0.15, -0.1) is 0 Å². The van der Waals surface area contributed by atoms with Crippen molar-refractivity contribution in [2.24, 2.45) is 5.10 Å². The predicted octanol–water partition coefficient (Wildman–Crippen LogP) is 4.44. The van der Waals surface area contributed by atoms with Crippen molar-refractivity contribution in [2.75, 3.05) is 17.5 Å². The Morgan fingerprint density at radius 2 is 1.74 bits per heavy atom. The molecule has 0 heterocycles. The highest BCUT2D eigenvalue weighted by atomic mass is 32.2. The molecule has 3 aromatic carbocycles. The van der Waals surface area contributed by atoms with Gasteiger partial charge in [-0.3, -0.25) is 9.10 Å². The summed E-state index contributed by atoms with van der Waals surface area (Å²) in [4.78, 5) is 12.8. The molecule has 1 N–H and O–H groups in total. The molecule has 0 saturated carbocycles. The second-order valence-electron chi connectivity index (χ2n) is 7.83. The third-order valence-electron chi connectivity index (χ3n) is 5.00. The molecule has 0 bridgehead atoms. The number of hydrogen-bond donors (Lipinski definition) is 1. The van der Waals surface area contributed by atoms with Crippen molar-refractivity contribution in [1.82, 2.24) is 5.43 Å². The first-order valence-electron chi connectivity index (χ1n) is 11.0. The van der Waals surface area contributed by atoms with E-state index in [2.05, 4.69) is 10.5 Å². The van der Waals surface area contributed by atoms with Gasteiger partial charge >= 0.3 is 0 Å². The maximum Gasteiger partial charge on any atom is 0.264 e. The fraction of sp³-hybridized carbons (Fsp3) is 0.231. The van der Waals surface area contributed by atoms with E-state index in [1.165, 1.54) is 18.3 Å². The molecule has 0 aliphatic carbocycles. The normalized spacial score (nSPS) is 11.4. The van der Waals surface area contributed by atoms with Gasteiger partial charge in [-0.2, -0.15) is 5.10 Å². The van der Waals surface area contributed by atoms with Crippen LogP contribution in [0.5, 0.6) is 5.75 Å². The zero-order chi connectivity index (χ0) is 24.6. The van der Waals surface area contributed by atoms with Crippen molar-refractivity contribution >= 4 is 27.8 Å². The van der Waals surface area contributed by atoms with Crippen LogP contribution in [0.3, 0.4) is 0 Å². The van der Waals surface area contributed by atoms with Crippen molar-refractivity contribution in [1.29, 1.82) is 0 Å². The van der Waals surface area contributed by atoms with Gasteiger partial charge in [-0.05, 0) is 73.9 Å². The Bertz CT molecular complexity index is 1240. The van der Waals surface area contributed by atoms with Gasteiger partial charge in [-0.1, -0.05) is 42.8 Å². The summed E-state index contributed by atoms with van der Waals surface area (Å²) < 4.78 is 33.5. The van der Waals surface area contributed by atoms with E-state index in [9.17, 15) is 13.2 Å². The molecule has 0 unspecified atom stereocenters. The van der Waals surface area contributed by atoms with Crippen molar-refractivity contribution in [3.05, 3.63) is 89.5 Å². The van der Waals surface area contributed by atoms with Crippen molar-refractivity contribution in [3.63, 3.8) is 0 Å². The average molecular weight is 480 g/mol. The predicted molar refractivity (Wildman–Crippen MR) is 135 cm³/mol. The number of hydrazone groups is 1. The summed E-state index contributed by atoms with van der Waals surface area (Å²) in [5, 5.41) is 3.98. The summed E-state index contributed by atoms with van der Waals surface area (Å²) in [5.41, 5.74) is 5.39. The van der Waals surface area contributed by atoms with E-state index >= 15 is 0 Å². The first-order valence-corrected chi connectivity index (χ1v) is 12.4.